The van der Waals surface area contributed by atoms with Gasteiger partial charge >= 0.3 is 0 Å². The zero-order valence-corrected chi connectivity index (χ0v) is 12.3. The number of amides is 1. The summed E-state index contributed by atoms with van der Waals surface area (Å²) in [6.45, 7) is 1.83. The van der Waals surface area contributed by atoms with Gasteiger partial charge in [0.1, 0.15) is 0 Å². The number of unbranched alkanes of at least 4 members (excludes halogenated alkanes) is 2. The minimum absolute atomic E-state index is 0.0637. The van der Waals surface area contributed by atoms with E-state index in [9.17, 15) is 13.2 Å². The molecule has 0 aromatic heterocycles. The number of sulfone groups is 1. The van der Waals surface area contributed by atoms with Crippen molar-refractivity contribution in [3.05, 3.63) is 0 Å². The van der Waals surface area contributed by atoms with Gasteiger partial charge in [0, 0.05) is 39.3 Å². The van der Waals surface area contributed by atoms with Crippen molar-refractivity contribution < 1.29 is 17.9 Å². The molecule has 0 aromatic rings. The molecule has 1 aliphatic heterocycles. The monoisotopic (exact) mass is 292 g/mol. The van der Waals surface area contributed by atoms with E-state index in [1.54, 1.807) is 7.11 Å². The number of carbonyl (C=O) groups excluding carboxylic acids is 1. The van der Waals surface area contributed by atoms with Crippen LogP contribution in [0.15, 0.2) is 0 Å². The van der Waals surface area contributed by atoms with Gasteiger partial charge < -0.3 is 15.4 Å². The quantitative estimate of drug-likeness (QED) is 0.600. The van der Waals surface area contributed by atoms with Crippen molar-refractivity contribution in [1.82, 2.24) is 10.6 Å². The molecule has 6 nitrogen and oxygen atoms in total. The normalized spacial score (nSPS) is 22.1. The first-order valence-corrected chi connectivity index (χ1v) is 8.55. The summed E-state index contributed by atoms with van der Waals surface area (Å²) in [5, 5.41) is 5.89. The van der Waals surface area contributed by atoms with Gasteiger partial charge in [-0.25, -0.2) is 8.42 Å². The Morgan fingerprint density at radius 3 is 2.84 bits per heavy atom. The van der Waals surface area contributed by atoms with Crippen molar-refractivity contribution in [2.24, 2.45) is 0 Å². The third-order valence-corrected chi connectivity index (χ3v) is 4.82. The Balaban J connectivity index is 2.10. The van der Waals surface area contributed by atoms with Crippen LogP contribution in [0.25, 0.3) is 0 Å². The third-order valence-electron chi connectivity index (χ3n) is 3.08. The van der Waals surface area contributed by atoms with Crippen molar-refractivity contribution >= 4 is 15.7 Å². The Morgan fingerprint density at radius 2 is 2.16 bits per heavy atom. The van der Waals surface area contributed by atoms with Crippen LogP contribution in [0.5, 0.6) is 0 Å². The van der Waals surface area contributed by atoms with Gasteiger partial charge in [0.05, 0.1) is 11.5 Å². The van der Waals surface area contributed by atoms with E-state index in [1.807, 2.05) is 0 Å². The zero-order chi connectivity index (χ0) is 14.1. The van der Waals surface area contributed by atoms with Crippen molar-refractivity contribution in [2.75, 3.05) is 38.3 Å². The molecule has 1 aliphatic rings. The highest BCUT2D eigenvalue weighted by molar-refractivity contribution is 7.91. The molecule has 0 aliphatic carbocycles. The fourth-order valence-corrected chi connectivity index (χ4v) is 3.51. The van der Waals surface area contributed by atoms with Crippen molar-refractivity contribution in [3.63, 3.8) is 0 Å². The lowest BCUT2D eigenvalue weighted by atomic mass is 10.2. The summed E-state index contributed by atoms with van der Waals surface area (Å²) in [6, 6.07) is -0.243. The molecule has 1 fully saturated rings. The number of nitrogens with one attached hydrogen (secondary N) is 2. The highest BCUT2D eigenvalue weighted by Crippen LogP contribution is 2.04. The molecule has 7 heteroatoms. The van der Waals surface area contributed by atoms with E-state index in [0.717, 1.165) is 25.9 Å². The van der Waals surface area contributed by atoms with Crippen LogP contribution in [0.3, 0.4) is 0 Å². The molecule has 0 radical (unpaired) electrons. The molecule has 1 atom stereocenters. The van der Waals surface area contributed by atoms with Gasteiger partial charge in [-0.05, 0) is 19.3 Å². The van der Waals surface area contributed by atoms with E-state index in [4.69, 9.17) is 4.74 Å². The van der Waals surface area contributed by atoms with Crippen LogP contribution >= 0.6 is 0 Å². The van der Waals surface area contributed by atoms with Crippen LogP contribution in [0.1, 0.15) is 25.7 Å². The second kappa shape index (κ2) is 8.50. The van der Waals surface area contributed by atoms with Gasteiger partial charge in [-0.15, -0.1) is 0 Å². The number of rotatable bonds is 8. The summed E-state index contributed by atoms with van der Waals surface area (Å²) < 4.78 is 27.8. The number of ether oxygens (including phenoxy) is 1. The molecule has 0 spiro atoms. The number of methoxy groups -OCH3 is 1. The van der Waals surface area contributed by atoms with Crippen LogP contribution in [0, 0.1) is 0 Å². The van der Waals surface area contributed by atoms with Crippen molar-refractivity contribution in [2.45, 2.75) is 31.7 Å². The molecule has 1 amide bonds. The number of hydrogen-bond donors (Lipinski definition) is 2. The molecule has 1 saturated heterocycles. The minimum atomic E-state index is -2.97. The Bertz CT molecular complexity index is 370. The lowest BCUT2D eigenvalue weighted by Crippen LogP contribution is -2.47. The Kier molecular flexibility index (Phi) is 7.33. The first-order valence-electron chi connectivity index (χ1n) is 6.73. The van der Waals surface area contributed by atoms with Crippen molar-refractivity contribution in [1.29, 1.82) is 0 Å². The molecular weight excluding hydrogens is 268 g/mol. The van der Waals surface area contributed by atoms with Gasteiger partial charge in [-0.1, -0.05) is 0 Å². The summed E-state index contributed by atoms with van der Waals surface area (Å²) in [7, 11) is -1.30. The number of hydrogen-bond acceptors (Lipinski definition) is 5. The summed E-state index contributed by atoms with van der Waals surface area (Å²) >= 11 is 0. The van der Waals surface area contributed by atoms with E-state index >= 15 is 0 Å². The maximum atomic E-state index is 11.6. The largest absolute Gasteiger partial charge is 0.385 e. The highest BCUT2D eigenvalue weighted by Gasteiger charge is 2.25. The van der Waals surface area contributed by atoms with Crippen LogP contribution in [0.2, 0.25) is 0 Å². The van der Waals surface area contributed by atoms with Crippen LogP contribution < -0.4 is 10.6 Å². The lowest BCUT2D eigenvalue weighted by molar-refractivity contribution is -0.121. The summed E-state index contributed by atoms with van der Waals surface area (Å²) in [6.07, 6.45) is 3.17. The Labute approximate surface area is 115 Å². The smallest absolute Gasteiger partial charge is 0.221 e. The molecule has 2 N–H and O–H groups in total. The minimum Gasteiger partial charge on any atom is -0.385 e. The van der Waals surface area contributed by atoms with E-state index in [0.29, 0.717) is 13.1 Å². The van der Waals surface area contributed by atoms with E-state index < -0.39 is 9.84 Å². The van der Waals surface area contributed by atoms with Gasteiger partial charge in [0.25, 0.3) is 0 Å². The molecule has 0 aromatic carbocycles. The Hall–Kier alpha value is -0.660. The second-order valence-electron chi connectivity index (χ2n) is 4.87. The van der Waals surface area contributed by atoms with Crippen LogP contribution in [-0.2, 0) is 19.4 Å². The third kappa shape index (κ3) is 7.49. The average molecular weight is 292 g/mol. The van der Waals surface area contributed by atoms with Gasteiger partial charge in [0.2, 0.25) is 5.91 Å². The summed E-state index contributed by atoms with van der Waals surface area (Å²) in [5.74, 6) is 0.153. The average Bonchev–Trinajstić information content (AvgIpc) is 2.32. The molecule has 1 heterocycles. The van der Waals surface area contributed by atoms with Crippen molar-refractivity contribution in [3.8, 4) is 0 Å². The second-order valence-corrected chi connectivity index (χ2v) is 7.10. The van der Waals surface area contributed by atoms with Gasteiger partial charge in [-0.2, -0.15) is 0 Å². The summed E-state index contributed by atoms with van der Waals surface area (Å²) in [5.41, 5.74) is 0. The first-order chi connectivity index (χ1) is 9.03. The molecule has 1 rings (SSSR count). The lowest BCUT2D eigenvalue weighted by Gasteiger charge is -2.23. The zero-order valence-electron chi connectivity index (χ0n) is 11.5. The van der Waals surface area contributed by atoms with E-state index in [1.165, 1.54) is 0 Å². The van der Waals surface area contributed by atoms with Crippen LogP contribution in [-0.4, -0.2) is 58.7 Å². The van der Waals surface area contributed by atoms with Gasteiger partial charge in [-0.3, -0.25) is 4.79 Å². The van der Waals surface area contributed by atoms with E-state index in [-0.39, 0.29) is 29.9 Å². The molecule has 112 valence electrons. The molecule has 0 bridgehead atoms. The van der Waals surface area contributed by atoms with Crippen LogP contribution in [0.4, 0.5) is 0 Å². The highest BCUT2D eigenvalue weighted by atomic mass is 32.2. The predicted molar refractivity (Wildman–Crippen MR) is 73.8 cm³/mol. The molecule has 19 heavy (non-hydrogen) atoms. The predicted octanol–water partition coefficient (Wildman–Crippen LogP) is -0.304. The van der Waals surface area contributed by atoms with E-state index in [2.05, 4.69) is 10.6 Å². The first kappa shape index (κ1) is 16.4. The maximum Gasteiger partial charge on any atom is 0.221 e. The summed E-state index contributed by atoms with van der Waals surface area (Å²) in [4.78, 5) is 11.6. The molecule has 1 unspecified atom stereocenters. The topological polar surface area (TPSA) is 84.5 Å². The fraction of sp³-hybridized carbons (Fsp3) is 0.917. The standard InChI is InChI=1S/C12H24N2O4S/c1-18-7-4-2-3-5-14-12(15)9-11-10-19(16,17)8-6-13-11/h11,13H,2-10H2,1H3,(H,14,15). The Morgan fingerprint density at radius 1 is 1.37 bits per heavy atom. The van der Waals surface area contributed by atoms with Gasteiger partial charge in [0.15, 0.2) is 9.84 Å². The number of carbonyl (C=O) groups is 1. The fourth-order valence-electron chi connectivity index (χ4n) is 2.07. The maximum absolute atomic E-state index is 11.6. The molecular formula is C12H24N2O4S. The SMILES string of the molecule is COCCCCCNC(=O)CC1CS(=O)(=O)CCN1. The molecule has 0 saturated carbocycles.